The van der Waals surface area contributed by atoms with Crippen LogP contribution in [0.4, 0.5) is 0 Å². The second-order valence-corrected chi connectivity index (χ2v) is 4.03. The smallest absolute Gasteiger partial charge is 0.169 e. The molecule has 0 bridgehead atoms. The summed E-state index contributed by atoms with van der Waals surface area (Å²) in [7, 11) is 0. The lowest BCUT2D eigenvalue weighted by atomic mass is 9.94. The Labute approximate surface area is 84.6 Å². The highest BCUT2D eigenvalue weighted by Crippen LogP contribution is 2.20. The predicted octanol–water partition coefficient (Wildman–Crippen LogP) is 1.54. The molecule has 14 heavy (non-hydrogen) atoms. The summed E-state index contributed by atoms with van der Waals surface area (Å²) >= 11 is 0. The van der Waals surface area contributed by atoms with E-state index in [1.807, 2.05) is 25.2 Å². The number of rotatable bonds is 3. The lowest BCUT2D eigenvalue weighted by Crippen LogP contribution is -2.35. The Kier molecular flexibility index (Phi) is 3.11. The molecule has 0 saturated carbocycles. The standard InChI is InChI=1S/C11H17NO2/c1-8(13)9(2)14-10-5-4-6-11(3,12)7-10/h4-5,7,9H,6,12H2,1-3H3. The minimum absolute atomic E-state index is 0.0172. The van der Waals surface area contributed by atoms with Gasteiger partial charge >= 0.3 is 0 Å². The third kappa shape index (κ3) is 3.00. The van der Waals surface area contributed by atoms with E-state index in [-0.39, 0.29) is 11.3 Å². The summed E-state index contributed by atoms with van der Waals surface area (Å²) in [6.07, 6.45) is 6.07. The van der Waals surface area contributed by atoms with Gasteiger partial charge in [0, 0.05) is 5.54 Å². The van der Waals surface area contributed by atoms with Crippen LogP contribution >= 0.6 is 0 Å². The van der Waals surface area contributed by atoms with Gasteiger partial charge < -0.3 is 10.5 Å². The van der Waals surface area contributed by atoms with Crippen molar-refractivity contribution in [2.45, 2.75) is 38.8 Å². The van der Waals surface area contributed by atoms with Crippen LogP contribution in [0.3, 0.4) is 0 Å². The molecular weight excluding hydrogens is 178 g/mol. The van der Waals surface area contributed by atoms with Gasteiger partial charge in [-0.05, 0) is 39.3 Å². The van der Waals surface area contributed by atoms with E-state index in [0.29, 0.717) is 5.76 Å². The van der Waals surface area contributed by atoms with Crippen LogP contribution < -0.4 is 5.73 Å². The third-order valence-corrected chi connectivity index (χ3v) is 2.20. The minimum atomic E-state index is -0.403. The van der Waals surface area contributed by atoms with Gasteiger partial charge in [0.1, 0.15) is 5.76 Å². The first kappa shape index (κ1) is 11.0. The number of Topliss-reactive ketones (excluding diaryl/α,β-unsaturated/α-hetero) is 1. The Morgan fingerprint density at radius 1 is 1.71 bits per heavy atom. The molecule has 0 heterocycles. The maximum absolute atomic E-state index is 11.0. The van der Waals surface area contributed by atoms with Crippen LogP contribution in [0.15, 0.2) is 24.0 Å². The van der Waals surface area contributed by atoms with Crippen LogP contribution in [0.1, 0.15) is 27.2 Å². The van der Waals surface area contributed by atoms with E-state index in [4.69, 9.17) is 10.5 Å². The fourth-order valence-electron chi connectivity index (χ4n) is 1.22. The minimum Gasteiger partial charge on any atom is -0.483 e. The van der Waals surface area contributed by atoms with E-state index in [1.165, 1.54) is 6.92 Å². The molecule has 78 valence electrons. The highest BCUT2D eigenvalue weighted by Gasteiger charge is 2.19. The molecule has 0 aromatic heterocycles. The molecule has 3 nitrogen and oxygen atoms in total. The van der Waals surface area contributed by atoms with Crippen LogP contribution in [0.25, 0.3) is 0 Å². The number of nitrogens with two attached hydrogens (primary N) is 1. The summed E-state index contributed by atoms with van der Waals surface area (Å²) in [5.41, 5.74) is 5.57. The molecule has 0 spiro atoms. The maximum atomic E-state index is 11.0. The number of hydrogen-bond acceptors (Lipinski definition) is 3. The van der Waals surface area contributed by atoms with Crippen molar-refractivity contribution in [3.05, 3.63) is 24.0 Å². The zero-order chi connectivity index (χ0) is 10.8. The Hall–Kier alpha value is -1.09. The van der Waals surface area contributed by atoms with Gasteiger partial charge in [-0.2, -0.15) is 0 Å². The van der Waals surface area contributed by atoms with Gasteiger partial charge in [-0.15, -0.1) is 0 Å². The number of hydrogen-bond donors (Lipinski definition) is 1. The average Bonchev–Trinajstić information content (AvgIpc) is 2.01. The van der Waals surface area contributed by atoms with Gasteiger partial charge in [-0.1, -0.05) is 6.08 Å². The monoisotopic (exact) mass is 195 g/mol. The van der Waals surface area contributed by atoms with Crippen LogP contribution in [-0.4, -0.2) is 17.4 Å². The Bertz CT molecular complexity index is 290. The molecule has 0 fully saturated rings. The van der Waals surface area contributed by atoms with Crippen LogP contribution in [-0.2, 0) is 9.53 Å². The summed E-state index contributed by atoms with van der Waals surface area (Å²) < 4.78 is 5.43. The second kappa shape index (κ2) is 3.96. The van der Waals surface area contributed by atoms with E-state index in [1.54, 1.807) is 6.92 Å². The molecule has 0 aromatic carbocycles. The largest absolute Gasteiger partial charge is 0.483 e. The zero-order valence-electron chi connectivity index (χ0n) is 8.91. The molecule has 2 atom stereocenters. The SMILES string of the molecule is CC(=O)C(C)OC1=CC(C)(N)CC=C1. The second-order valence-electron chi connectivity index (χ2n) is 4.03. The Balaban J connectivity index is 2.65. The normalized spacial score (nSPS) is 28.1. The van der Waals surface area contributed by atoms with Gasteiger partial charge in [0.15, 0.2) is 11.9 Å². The number of carbonyl (C=O) groups excluding carboxylic acids is 1. The molecule has 0 radical (unpaired) electrons. The molecule has 1 aliphatic rings. The van der Waals surface area contributed by atoms with Crippen molar-refractivity contribution in [2.75, 3.05) is 0 Å². The highest BCUT2D eigenvalue weighted by atomic mass is 16.5. The summed E-state index contributed by atoms with van der Waals surface area (Å²) in [5.74, 6) is 0.701. The van der Waals surface area contributed by atoms with Crippen molar-refractivity contribution in [1.82, 2.24) is 0 Å². The molecule has 3 heteroatoms. The van der Waals surface area contributed by atoms with Crippen LogP contribution in [0.5, 0.6) is 0 Å². The molecule has 1 aliphatic carbocycles. The van der Waals surface area contributed by atoms with E-state index < -0.39 is 6.10 Å². The molecule has 0 amide bonds. The lowest BCUT2D eigenvalue weighted by molar-refractivity contribution is -0.124. The summed E-state index contributed by atoms with van der Waals surface area (Å²) in [5, 5.41) is 0. The predicted molar refractivity (Wildman–Crippen MR) is 55.7 cm³/mol. The highest BCUT2D eigenvalue weighted by molar-refractivity contribution is 5.80. The van der Waals surface area contributed by atoms with Gasteiger partial charge in [0.05, 0.1) is 0 Å². The molecule has 0 aromatic rings. The number of carbonyl (C=O) groups is 1. The van der Waals surface area contributed by atoms with E-state index in [2.05, 4.69) is 0 Å². The summed E-state index contributed by atoms with van der Waals surface area (Å²) in [6.45, 7) is 5.18. The number of allylic oxidation sites excluding steroid dienone is 1. The van der Waals surface area contributed by atoms with Crippen molar-refractivity contribution in [3.8, 4) is 0 Å². The van der Waals surface area contributed by atoms with E-state index in [9.17, 15) is 4.79 Å². The first-order chi connectivity index (χ1) is 6.41. The molecule has 0 aliphatic heterocycles. The van der Waals surface area contributed by atoms with Crippen LogP contribution in [0.2, 0.25) is 0 Å². The average molecular weight is 195 g/mol. The Morgan fingerprint density at radius 3 is 2.86 bits per heavy atom. The first-order valence-corrected chi connectivity index (χ1v) is 4.76. The maximum Gasteiger partial charge on any atom is 0.169 e. The fourth-order valence-corrected chi connectivity index (χ4v) is 1.22. The van der Waals surface area contributed by atoms with Gasteiger partial charge in [0.2, 0.25) is 0 Å². The van der Waals surface area contributed by atoms with Crippen LogP contribution in [0, 0.1) is 0 Å². The number of ketones is 1. The Morgan fingerprint density at radius 2 is 2.36 bits per heavy atom. The summed E-state index contributed by atoms with van der Waals surface area (Å²) in [4.78, 5) is 11.0. The number of ether oxygens (including phenoxy) is 1. The van der Waals surface area contributed by atoms with E-state index in [0.717, 1.165) is 6.42 Å². The molecule has 2 unspecified atom stereocenters. The fraction of sp³-hybridized carbons (Fsp3) is 0.545. The molecule has 0 saturated heterocycles. The van der Waals surface area contributed by atoms with Gasteiger partial charge in [0.25, 0.3) is 0 Å². The van der Waals surface area contributed by atoms with Crippen molar-refractivity contribution in [2.24, 2.45) is 5.73 Å². The molecular formula is C11H17NO2. The quantitative estimate of drug-likeness (QED) is 0.743. The van der Waals surface area contributed by atoms with E-state index >= 15 is 0 Å². The van der Waals surface area contributed by atoms with Crippen molar-refractivity contribution in [1.29, 1.82) is 0 Å². The van der Waals surface area contributed by atoms with Crippen molar-refractivity contribution in [3.63, 3.8) is 0 Å². The molecule has 1 rings (SSSR count). The zero-order valence-corrected chi connectivity index (χ0v) is 8.91. The molecule has 2 N–H and O–H groups in total. The topological polar surface area (TPSA) is 52.3 Å². The summed E-state index contributed by atoms with van der Waals surface area (Å²) in [6, 6.07) is 0. The van der Waals surface area contributed by atoms with Gasteiger partial charge in [-0.25, -0.2) is 0 Å². The third-order valence-electron chi connectivity index (χ3n) is 2.20. The lowest BCUT2D eigenvalue weighted by Gasteiger charge is -2.24. The van der Waals surface area contributed by atoms with Gasteiger partial charge in [-0.3, -0.25) is 4.79 Å². The van der Waals surface area contributed by atoms with Crippen molar-refractivity contribution < 1.29 is 9.53 Å². The first-order valence-electron chi connectivity index (χ1n) is 4.76. The van der Waals surface area contributed by atoms with Crippen molar-refractivity contribution >= 4 is 5.78 Å².